The van der Waals surface area contributed by atoms with Gasteiger partial charge in [0, 0.05) is 23.5 Å². The van der Waals surface area contributed by atoms with E-state index in [0.717, 1.165) is 52.8 Å². The van der Waals surface area contributed by atoms with E-state index < -0.39 is 0 Å². The van der Waals surface area contributed by atoms with Gasteiger partial charge in [0.2, 0.25) is 5.91 Å². The van der Waals surface area contributed by atoms with E-state index in [0.29, 0.717) is 19.7 Å². The van der Waals surface area contributed by atoms with Crippen molar-refractivity contribution in [1.82, 2.24) is 15.2 Å². The molecule has 134 valence electrons. The van der Waals surface area contributed by atoms with Crippen LogP contribution in [-0.4, -0.2) is 35.5 Å². The number of para-hydroxylation sites is 1. The molecule has 1 N–H and O–H groups in total. The Labute approximate surface area is 153 Å². The number of hydrogen-bond donors (Lipinski definition) is 1. The molecule has 0 radical (unpaired) electrons. The second-order valence-electron chi connectivity index (χ2n) is 6.31. The van der Waals surface area contributed by atoms with Crippen LogP contribution in [0.5, 0.6) is 5.75 Å². The minimum absolute atomic E-state index is 0.0456. The smallest absolute Gasteiger partial charge is 0.234 e. The van der Waals surface area contributed by atoms with Crippen LogP contribution in [0.2, 0.25) is 0 Å². The molecule has 1 aromatic heterocycles. The van der Waals surface area contributed by atoms with Crippen molar-refractivity contribution in [3.63, 3.8) is 0 Å². The first kappa shape index (κ1) is 17.9. The summed E-state index contributed by atoms with van der Waals surface area (Å²) < 4.78 is 5.75. The van der Waals surface area contributed by atoms with Gasteiger partial charge in [0.25, 0.3) is 0 Å². The van der Waals surface area contributed by atoms with Crippen LogP contribution in [0.3, 0.4) is 0 Å². The number of aryl methyl sites for hydroxylation is 2. The summed E-state index contributed by atoms with van der Waals surface area (Å²) in [5.74, 6) is 0.971. The minimum atomic E-state index is 0.0456. The van der Waals surface area contributed by atoms with E-state index in [1.54, 1.807) is 11.3 Å². The van der Waals surface area contributed by atoms with E-state index in [1.165, 1.54) is 0 Å². The molecule has 0 bridgehead atoms. The van der Waals surface area contributed by atoms with Gasteiger partial charge in [-0.3, -0.25) is 9.69 Å². The first-order chi connectivity index (χ1) is 12.2. The SMILES string of the molecule is CCCc1nc(C)c(CNC(=O)CN2CCOc3ccccc3C2)s1. The van der Waals surface area contributed by atoms with E-state index in [2.05, 4.69) is 28.2 Å². The number of benzene rings is 1. The van der Waals surface area contributed by atoms with Crippen LogP contribution in [-0.2, 0) is 24.3 Å². The van der Waals surface area contributed by atoms with E-state index in [4.69, 9.17) is 4.74 Å². The number of carbonyl (C=O) groups is 1. The van der Waals surface area contributed by atoms with Crippen LogP contribution in [0.25, 0.3) is 0 Å². The van der Waals surface area contributed by atoms with Crippen molar-refractivity contribution in [2.75, 3.05) is 19.7 Å². The van der Waals surface area contributed by atoms with E-state index in [9.17, 15) is 4.79 Å². The third kappa shape index (κ3) is 4.80. The molecule has 1 aliphatic heterocycles. The Morgan fingerprint density at radius 3 is 3.08 bits per heavy atom. The van der Waals surface area contributed by atoms with Gasteiger partial charge in [0.1, 0.15) is 12.4 Å². The van der Waals surface area contributed by atoms with Crippen LogP contribution in [0.15, 0.2) is 24.3 Å². The Morgan fingerprint density at radius 2 is 2.24 bits per heavy atom. The summed E-state index contributed by atoms with van der Waals surface area (Å²) in [6, 6.07) is 8.03. The fourth-order valence-corrected chi connectivity index (χ4v) is 4.04. The molecular formula is C19H25N3O2S. The molecule has 1 aromatic carbocycles. The van der Waals surface area contributed by atoms with E-state index >= 15 is 0 Å². The molecule has 0 atom stereocenters. The van der Waals surface area contributed by atoms with Gasteiger partial charge < -0.3 is 10.1 Å². The van der Waals surface area contributed by atoms with Crippen LogP contribution in [0.1, 0.15) is 34.5 Å². The summed E-state index contributed by atoms with van der Waals surface area (Å²) >= 11 is 1.71. The van der Waals surface area contributed by atoms with Crippen molar-refractivity contribution in [1.29, 1.82) is 0 Å². The van der Waals surface area contributed by atoms with Gasteiger partial charge in [-0.2, -0.15) is 0 Å². The normalized spacial score (nSPS) is 14.5. The number of rotatable bonds is 6. The Hall–Kier alpha value is -1.92. The Morgan fingerprint density at radius 1 is 1.40 bits per heavy atom. The van der Waals surface area contributed by atoms with Crippen molar-refractivity contribution < 1.29 is 9.53 Å². The van der Waals surface area contributed by atoms with Gasteiger partial charge in [0.05, 0.1) is 23.8 Å². The van der Waals surface area contributed by atoms with Gasteiger partial charge in [-0.1, -0.05) is 25.1 Å². The summed E-state index contributed by atoms with van der Waals surface area (Å²) in [5.41, 5.74) is 2.17. The van der Waals surface area contributed by atoms with Gasteiger partial charge in [0.15, 0.2) is 0 Å². The zero-order valence-electron chi connectivity index (χ0n) is 14.9. The van der Waals surface area contributed by atoms with Crippen molar-refractivity contribution >= 4 is 17.2 Å². The lowest BCUT2D eigenvalue weighted by Gasteiger charge is -2.18. The molecule has 3 rings (SSSR count). The van der Waals surface area contributed by atoms with Gasteiger partial charge >= 0.3 is 0 Å². The third-order valence-electron chi connectivity index (χ3n) is 4.25. The topological polar surface area (TPSA) is 54.5 Å². The van der Waals surface area contributed by atoms with E-state index in [1.807, 2.05) is 25.1 Å². The Kier molecular flexibility index (Phi) is 6.04. The number of hydrogen-bond acceptors (Lipinski definition) is 5. The molecule has 1 aliphatic rings. The van der Waals surface area contributed by atoms with Crippen LogP contribution < -0.4 is 10.1 Å². The number of fused-ring (bicyclic) bond motifs is 1. The molecule has 0 saturated carbocycles. The van der Waals surface area contributed by atoms with Crippen molar-refractivity contribution in [3.05, 3.63) is 45.4 Å². The third-order valence-corrected chi connectivity index (χ3v) is 5.46. The van der Waals surface area contributed by atoms with Crippen molar-refractivity contribution in [2.45, 2.75) is 39.8 Å². The average molecular weight is 359 g/mol. The number of amides is 1. The molecule has 0 fully saturated rings. The summed E-state index contributed by atoms with van der Waals surface area (Å²) in [6.07, 6.45) is 2.10. The number of nitrogens with zero attached hydrogens (tertiary/aromatic N) is 2. The van der Waals surface area contributed by atoms with Crippen LogP contribution >= 0.6 is 11.3 Å². The molecule has 2 heterocycles. The molecule has 6 heteroatoms. The second kappa shape index (κ2) is 8.45. The summed E-state index contributed by atoms with van der Waals surface area (Å²) in [6.45, 7) is 7.22. The molecular weight excluding hydrogens is 334 g/mol. The summed E-state index contributed by atoms with van der Waals surface area (Å²) in [4.78, 5) is 20.2. The number of aromatic nitrogens is 1. The van der Waals surface area contributed by atoms with Gasteiger partial charge in [-0.15, -0.1) is 11.3 Å². The highest BCUT2D eigenvalue weighted by Gasteiger charge is 2.17. The lowest BCUT2D eigenvalue weighted by atomic mass is 10.2. The van der Waals surface area contributed by atoms with E-state index in [-0.39, 0.29) is 5.91 Å². The maximum Gasteiger partial charge on any atom is 0.234 e. The largest absolute Gasteiger partial charge is 0.492 e. The van der Waals surface area contributed by atoms with Gasteiger partial charge in [-0.25, -0.2) is 4.98 Å². The zero-order valence-corrected chi connectivity index (χ0v) is 15.7. The lowest BCUT2D eigenvalue weighted by molar-refractivity contribution is -0.122. The first-order valence-electron chi connectivity index (χ1n) is 8.80. The minimum Gasteiger partial charge on any atom is -0.492 e. The number of thiazole rings is 1. The highest BCUT2D eigenvalue weighted by molar-refractivity contribution is 7.11. The maximum atomic E-state index is 12.3. The van der Waals surface area contributed by atoms with Crippen molar-refractivity contribution in [2.24, 2.45) is 0 Å². The van der Waals surface area contributed by atoms with Crippen molar-refractivity contribution in [3.8, 4) is 5.75 Å². The predicted molar refractivity (Wildman–Crippen MR) is 99.9 cm³/mol. The number of ether oxygens (including phenoxy) is 1. The second-order valence-corrected chi connectivity index (χ2v) is 7.48. The lowest BCUT2D eigenvalue weighted by Crippen LogP contribution is -2.37. The Bertz CT molecular complexity index is 729. The molecule has 0 unspecified atom stereocenters. The molecule has 0 saturated heterocycles. The number of carbonyl (C=O) groups excluding carboxylic acids is 1. The number of nitrogens with one attached hydrogen (secondary N) is 1. The summed E-state index contributed by atoms with van der Waals surface area (Å²) in [5, 5.41) is 4.19. The van der Waals surface area contributed by atoms with Gasteiger partial charge in [-0.05, 0) is 25.8 Å². The fraction of sp³-hybridized carbons (Fsp3) is 0.474. The standard InChI is InChI=1S/C19H25N3O2S/c1-3-6-19-21-14(2)17(25-19)11-20-18(23)13-22-9-10-24-16-8-5-4-7-15(16)12-22/h4-5,7-8H,3,6,9-13H2,1-2H3,(H,20,23). The molecule has 1 amide bonds. The summed E-state index contributed by atoms with van der Waals surface area (Å²) in [7, 11) is 0. The molecule has 25 heavy (non-hydrogen) atoms. The maximum absolute atomic E-state index is 12.3. The predicted octanol–water partition coefficient (Wildman–Crippen LogP) is 2.91. The molecule has 0 aliphatic carbocycles. The average Bonchev–Trinajstić information content (AvgIpc) is 2.81. The Balaban J connectivity index is 1.52. The first-order valence-corrected chi connectivity index (χ1v) is 9.62. The fourth-order valence-electron chi connectivity index (χ4n) is 2.93. The highest BCUT2D eigenvalue weighted by Crippen LogP contribution is 2.22. The van der Waals surface area contributed by atoms with Crippen LogP contribution in [0.4, 0.5) is 0 Å². The van der Waals surface area contributed by atoms with Crippen LogP contribution in [0, 0.1) is 6.92 Å². The quantitative estimate of drug-likeness (QED) is 0.862. The highest BCUT2D eigenvalue weighted by atomic mass is 32.1. The monoisotopic (exact) mass is 359 g/mol. The molecule has 5 nitrogen and oxygen atoms in total. The molecule has 0 spiro atoms. The zero-order chi connectivity index (χ0) is 17.6. The molecule has 2 aromatic rings.